The molecule has 0 aliphatic rings. The molecule has 16 heavy (non-hydrogen) atoms. The fraction of sp³-hybridized carbons (Fsp3) is 0.273. The Hall–Kier alpha value is -2.04. The van der Waals surface area contributed by atoms with Crippen molar-refractivity contribution in [1.82, 2.24) is 0 Å². The normalized spacial score (nSPS) is 9.44. The van der Waals surface area contributed by atoms with Gasteiger partial charge in [-0.15, -0.1) is 0 Å². The van der Waals surface area contributed by atoms with Crippen molar-refractivity contribution in [3.63, 3.8) is 0 Å². The maximum atomic E-state index is 11.2. The lowest BCUT2D eigenvalue weighted by Crippen LogP contribution is -2.12. The third-order valence-electron chi connectivity index (χ3n) is 2.03. The Kier molecular flexibility index (Phi) is 3.88. The molecular weight excluding hydrogens is 210 g/mol. The summed E-state index contributed by atoms with van der Waals surface area (Å²) >= 11 is 0. The fourth-order valence-corrected chi connectivity index (χ4v) is 1.19. The Morgan fingerprint density at radius 1 is 1.25 bits per heavy atom. The average Bonchev–Trinajstić information content (AvgIpc) is 2.28. The highest BCUT2D eigenvalue weighted by molar-refractivity contribution is 5.97. The van der Waals surface area contributed by atoms with Crippen LogP contribution >= 0.6 is 0 Å². The molecule has 0 fully saturated rings. The predicted molar refractivity (Wildman–Crippen MR) is 59.0 cm³/mol. The van der Waals surface area contributed by atoms with Gasteiger partial charge in [-0.2, -0.15) is 0 Å². The van der Waals surface area contributed by atoms with Gasteiger partial charge in [-0.25, -0.2) is 4.79 Å². The molecule has 1 aromatic carbocycles. The predicted octanol–water partition coefficient (Wildman–Crippen LogP) is 2.08. The van der Waals surface area contributed by atoms with Crippen LogP contribution in [-0.4, -0.2) is 26.1 Å². The van der Waals surface area contributed by atoms with Gasteiger partial charge >= 0.3 is 6.09 Å². The monoisotopic (exact) mass is 223 g/mol. The minimum atomic E-state index is -0.612. The second kappa shape index (κ2) is 5.16. The van der Waals surface area contributed by atoms with Gasteiger partial charge in [0.25, 0.3) is 0 Å². The van der Waals surface area contributed by atoms with Crippen molar-refractivity contribution in [2.75, 3.05) is 19.5 Å². The first-order valence-electron chi connectivity index (χ1n) is 4.62. The third-order valence-corrected chi connectivity index (χ3v) is 2.03. The summed E-state index contributed by atoms with van der Waals surface area (Å²) < 4.78 is 9.51. The molecule has 0 spiro atoms. The lowest BCUT2D eigenvalue weighted by Gasteiger charge is -2.10. The molecule has 5 nitrogen and oxygen atoms in total. The number of carbonyl (C=O) groups is 2. The van der Waals surface area contributed by atoms with E-state index >= 15 is 0 Å². The van der Waals surface area contributed by atoms with Crippen LogP contribution in [0.2, 0.25) is 0 Å². The van der Waals surface area contributed by atoms with Gasteiger partial charge in [-0.05, 0) is 25.1 Å². The fourth-order valence-electron chi connectivity index (χ4n) is 1.19. The number of Topliss-reactive ketones (excluding diaryl/α,β-unsaturated/α-hetero) is 1. The summed E-state index contributed by atoms with van der Waals surface area (Å²) in [6, 6.07) is 4.78. The number of ketones is 1. The van der Waals surface area contributed by atoms with Crippen LogP contribution in [0, 0.1) is 0 Å². The van der Waals surface area contributed by atoms with Crippen LogP contribution in [0.5, 0.6) is 5.75 Å². The molecule has 0 unspecified atom stereocenters. The molecule has 0 radical (unpaired) electrons. The zero-order chi connectivity index (χ0) is 12.1. The van der Waals surface area contributed by atoms with E-state index in [1.807, 2.05) is 0 Å². The van der Waals surface area contributed by atoms with E-state index < -0.39 is 6.09 Å². The van der Waals surface area contributed by atoms with Gasteiger partial charge in [0.05, 0.1) is 19.9 Å². The Bertz CT molecular complexity index is 414. The van der Waals surface area contributed by atoms with E-state index in [1.54, 1.807) is 12.1 Å². The van der Waals surface area contributed by atoms with Crippen molar-refractivity contribution >= 4 is 17.6 Å². The highest BCUT2D eigenvalue weighted by atomic mass is 16.5. The minimum absolute atomic E-state index is 0.0874. The molecule has 0 saturated carbocycles. The van der Waals surface area contributed by atoms with Crippen LogP contribution in [0.4, 0.5) is 10.5 Å². The van der Waals surface area contributed by atoms with E-state index in [-0.39, 0.29) is 5.78 Å². The van der Waals surface area contributed by atoms with Crippen LogP contribution in [0.15, 0.2) is 18.2 Å². The van der Waals surface area contributed by atoms with Gasteiger partial charge in [-0.3, -0.25) is 10.1 Å². The quantitative estimate of drug-likeness (QED) is 0.797. The van der Waals surface area contributed by atoms with E-state index in [2.05, 4.69) is 10.1 Å². The molecule has 1 aromatic rings. The lowest BCUT2D eigenvalue weighted by atomic mass is 10.1. The van der Waals surface area contributed by atoms with Gasteiger partial charge in [0, 0.05) is 5.56 Å². The standard InChI is InChI=1S/C11H13NO4/c1-7(13)8-4-5-10(15-2)9(6-8)12-11(14)16-3/h4-6H,1-3H3,(H,12,14). The third kappa shape index (κ3) is 2.73. The number of hydrogen-bond acceptors (Lipinski definition) is 4. The number of methoxy groups -OCH3 is 2. The molecule has 0 bridgehead atoms. The molecule has 1 rings (SSSR count). The number of anilines is 1. The lowest BCUT2D eigenvalue weighted by molar-refractivity contribution is 0.101. The molecule has 0 aliphatic heterocycles. The van der Waals surface area contributed by atoms with Crippen LogP contribution in [0.25, 0.3) is 0 Å². The molecule has 0 saturated heterocycles. The van der Waals surface area contributed by atoms with Gasteiger partial charge < -0.3 is 9.47 Å². The van der Waals surface area contributed by atoms with Crippen molar-refractivity contribution in [2.24, 2.45) is 0 Å². The highest BCUT2D eigenvalue weighted by Crippen LogP contribution is 2.25. The molecule has 0 aliphatic carbocycles. The largest absolute Gasteiger partial charge is 0.495 e. The first kappa shape index (κ1) is 12.0. The van der Waals surface area contributed by atoms with E-state index in [0.717, 1.165) is 0 Å². The van der Waals surface area contributed by atoms with Gasteiger partial charge in [0.1, 0.15) is 5.75 Å². The zero-order valence-corrected chi connectivity index (χ0v) is 9.37. The van der Waals surface area contributed by atoms with Crippen LogP contribution in [0.1, 0.15) is 17.3 Å². The summed E-state index contributed by atoms with van der Waals surface area (Å²) in [5.41, 5.74) is 0.897. The van der Waals surface area contributed by atoms with E-state index in [4.69, 9.17) is 4.74 Å². The Balaban J connectivity index is 3.06. The molecule has 1 amide bonds. The van der Waals surface area contributed by atoms with Gasteiger partial charge in [0.2, 0.25) is 0 Å². The SMILES string of the molecule is COC(=O)Nc1cc(C(C)=O)ccc1OC. The smallest absolute Gasteiger partial charge is 0.411 e. The Morgan fingerprint density at radius 2 is 1.94 bits per heavy atom. The van der Waals surface area contributed by atoms with Crippen molar-refractivity contribution < 1.29 is 19.1 Å². The number of amides is 1. The average molecular weight is 223 g/mol. The van der Waals surface area contributed by atoms with E-state index in [0.29, 0.717) is 17.0 Å². The summed E-state index contributed by atoms with van der Waals surface area (Å²) in [7, 11) is 2.74. The first-order chi connectivity index (χ1) is 7.58. The van der Waals surface area contributed by atoms with E-state index in [1.165, 1.54) is 27.2 Å². The summed E-state index contributed by atoms with van der Waals surface area (Å²) in [5.74, 6) is 0.381. The van der Waals surface area contributed by atoms with Crippen molar-refractivity contribution in [1.29, 1.82) is 0 Å². The molecule has 0 atom stereocenters. The maximum Gasteiger partial charge on any atom is 0.411 e. The number of carbonyl (C=O) groups excluding carboxylic acids is 2. The number of hydrogen-bond donors (Lipinski definition) is 1. The van der Waals surface area contributed by atoms with Crippen LogP contribution < -0.4 is 10.1 Å². The Morgan fingerprint density at radius 3 is 2.44 bits per heavy atom. The van der Waals surface area contributed by atoms with Gasteiger partial charge in [-0.1, -0.05) is 0 Å². The summed E-state index contributed by atoms with van der Waals surface area (Å²) in [4.78, 5) is 22.2. The highest BCUT2D eigenvalue weighted by Gasteiger charge is 2.09. The molecular formula is C11H13NO4. The summed E-state index contributed by atoms with van der Waals surface area (Å²) in [6.07, 6.45) is -0.612. The summed E-state index contributed by atoms with van der Waals surface area (Å²) in [5, 5.41) is 2.47. The maximum absolute atomic E-state index is 11.2. The van der Waals surface area contributed by atoms with Crippen LogP contribution in [0.3, 0.4) is 0 Å². The first-order valence-corrected chi connectivity index (χ1v) is 4.62. The van der Waals surface area contributed by atoms with Crippen molar-refractivity contribution in [3.05, 3.63) is 23.8 Å². The number of ether oxygens (including phenoxy) is 2. The van der Waals surface area contributed by atoms with Crippen molar-refractivity contribution in [3.8, 4) is 5.75 Å². The molecule has 5 heteroatoms. The molecule has 1 N–H and O–H groups in total. The molecule has 0 aromatic heterocycles. The van der Waals surface area contributed by atoms with Crippen molar-refractivity contribution in [2.45, 2.75) is 6.92 Å². The number of nitrogens with one attached hydrogen (secondary N) is 1. The number of benzene rings is 1. The zero-order valence-electron chi connectivity index (χ0n) is 9.37. The molecule has 0 heterocycles. The second-order valence-electron chi connectivity index (χ2n) is 3.09. The summed E-state index contributed by atoms with van der Waals surface area (Å²) in [6.45, 7) is 1.45. The minimum Gasteiger partial charge on any atom is -0.495 e. The van der Waals surface area contributed by atoms with Gasteiger partial charge in [0.15, 0.2) is 5.78 Å². The van der Waals surface area contributed by atoms with Crippen LogP contribution in [-0.2, 0) is 4.74 Å². The number of rotatable bonds is 3. The second-order valence-corrected chi connectivity index (χ2v) is 3.09. The Labute approximate surface area is 93.4 Å². The van der Waals surface area contributed by atoms with E-state index in [9.17, 15) is 9.59 Å². The molecule has 86 valence electrons. The topological polar surface area (TPSA) is 64.6 Å².